The summed E-state index contributed by atoms with van der Waals surface area (Å²) in [6, 6.07) is 13.8. The third-order valence-corrected chi connectivity index (χ3v) is 4.49. The number of thiophene rings is 1. The van der Waals surface area contributed by atoms with E-state index in [-0.39, 0.29) is 15.5 Å². The van der Waals surface area contributed by atoms with E-state index < -0.39 is 0 Å². The Morgan fingerprint density at radius 3 is 2.52 bits per heavy atom. The molecule has 0 atom stereocenters. The molecule has 5 heteroatoms. The summed E-state index contributed by atoms with van der Waals surface area (Å²) in [6.07, 6.45) is 2.04. The largest absolute Gasteiger partial charge is 0.324 e. The van der Waals surface area contributed by atoms with Gasteiger partial charge in [0.25, 0.3) is 0 Å². The van der Waals surface area contributed by atoms with Crippen molar-refractivity contribution in [1.82, 2.24) is 5.32 Å². The molecular formula is C16H20N2O2S. The summed E-state index contributed by atoms with van der Waals surface area (Å²) in [5, 5.41) is 14.4. The number of nitro groups is 1. The van der Waals surface area contributed by atoms with Gasteiger partial charge in [-0.3, -0.25) is 10.1 Å². The van der Waals surface area contributed by atoms with Gasteiger partial charge in [0.05, 0.1) is 4.92 Å². The maximum absolute atomic E-state index is 10.7. The van der Waals surface area contributed by atoms with Crippen molar-refractivity contribution in [3.05, 3.63) is 63.0 Å². The molecule has 112 valence electrons. The van der Waals surface area contributed by atoms with Crippen LogP contribution in [0.4, 0.5) is 5.00 Å². The first-order valence-electron chi connectivity index (χ1n) is 6.98. The first-order chi connectivity index (χ1) is 9.96. The maximum atomic E-state index is 10.7. The lowest BCUT2D eigenvalue weighted by Crippen LogP contribution is -2.38. The highest BCUT2D eigenvalue weighted by Crippen LogP contribution is 2.24. The van der Waals surface area contributed by atoms with E-state index in [1.165, 1.54) is 16.9 Å². The molecule has 0 fully saturated rings. The maximum Gasteiger partial charge on any atom is 0.324 e. The lowest BCUT2D eigenvalue weighted by atomic mass is 9.95. The van der Waals surface area contributed by atoms with Gasteiger partial charge in [-0.15, -0.1) is 0 Å². The molecule has 21 heavy (non-hydrogen) atoms. The van der Waals surface area contributed by atoms with Gasteiger partial charge in [0, 0.05) is 23.0 Å². The van der Waals surface area contributed by atoms with Gasteiger partial charge in [-0.25, -0.2) is 0 Å². The minimum Gasteiger partial charge on any atom is -0.307 e. The Kier molecular flexibility index (Phi) is 5.09. The predicted molar refractivity (Wildman–Crippen MR) is 86.7 cm³/mol. The van der Waals surface area contributed by atoms with E-state index in [0.29, 0.717) is 6.54 Å². The van der Waals surface area contributed by atoms with Crippen LogP contribution in [-0.2, 0) is 13.0 Å². The fourth-order valence-corrected chi connectivity index (χ4v) is 2.84. The summed E-state index contributed by atoms with van der Waals surface area (Å²) in [7, 11) is 0. The van der Waals surface area contributed by atoms with Gasteiger partial charge in [0.1, 0.15) is 0 Å². The van der Waals surface area contributed by atoms with E-state index in [2.05, 4.69) is 43.4 Å². The number of aryl methyl sites for hydroxylation is 1. The van der Waals surface area contributed by atoms with Gasteiger partial charge in [-0.05, 0) is 38.3 Å². The van der Waals surface area contributed by atoms with E-state index in [1.54, 1.807) is 6.07 Å². The van der Waals surface area contributed by atoms with E-state index in [4.69, 9.17) is 0 Å². The molecule has 0 aliphatic heterocycles. The second-order valence-corrected chi connectivity index (χ2v) is 6.87. The predicted octanol–water partition coefficient (Wildman–Crippen LogP) is 4.16. The first-order valence-corrected chi connectivity index (χ1v) is 7.80. The average Bonchev–Trinajstić information content (AvgIpc) is 2.94. The molecule has 2 aromatic rings. The third kappa shape index (κ3) is 4.95. The SMILES string of the molecule is CC(C)(CCc1ccccc1)NCc1ccc([N+](=O)[O-])s1. The molecule has 0 radical (unpaired) electrons. The minimum absolute atomic E-state index is 0.00535. The van der Waals surface area contributed by atoms with Crippen LogP contribution < -0.4 is 5.32 Å². The quantitative estimate of drug-likeness (QED) is 0.617. The lowest BCUT2D eigenvalue weighted by molar-refractivity contribution is -0.380. The van der Waals surface area contributed by atoms with Crippen LogP contribution in [-0.4, -0.2) is 10.5 Å². The summed E-state index contributed by atoms with van der Waals surface area (Å²) in [5.74, 6) is 0. The van der Waals surface area contributed by atoms with E-state index >= 15 is 0 Å². The number of nitrogens with one attached hydrogen (secondary N) is 1. The topological polar surface area (TPSA) is 55.2 Å². The van der Waals surface area contributed by atoms with Gasteiger partial charge in [0.2, 0.25) is 0 Å². The molecular weight excluding hydrogens is 284 g/mol. The van der Waals surface area contributed by atoms with Gasteiger partial charge >= 0.3 is 5.00 Å². The number of nitrogens with zero attached hydrogens (tertiary/aromatic N) is 1. The fraction of sp³-hybridized carbons (Fsp3) is 0.375. The number of benzene rings is 1. The van der Waals surface area contributed by atoms with Crippen LogP contribution in [0, 0.1) is 10.1 Å². The van der Waals surface area contributed by atoms with E-state index in [0.717, 1.165) is 17.7 Å². The Morgan fingerprint density at radius 2 is 1.90 bits per heavy atom. The van der Waals surface area contributed by atoms with Crippen LogP contribution >= 0.6 is 11.3 Å². The van der Waals surface area contributed by atoms with Gasteiger partial charge in [-0.2, -0.15) is 0 Å². The average molecular weight is 304 g/mol. The number of hydrogen-bond donors (Lipinski definition) is 1. The number of hydrogen-bond acceptors (Lipinski definition) is 4. The van der Waals surface area contributed by atoms with Crippen molar-refractivity contribution in [3.8, 4) is 0 Å². The zero-order valence-corrected chi connectivity index (χ0v) is 13.2. The molecule has 0 spiro atoms. The highest BCUT2D eigenvalue weighted by atomic mass is 32.1. The lowest BCUT2D eigenvalue weighted by Gasteiger charge is -2.26. The van der Waals surface area contributed by atoms with Gasteiger partial charge in [0.15, 0.2) is 0 Å². The smallest absolute Gasteiger partial charge is 0.307 e. The Hall–Kier alpha value is -1.72. The van der Waals surface area contributed by atoms with Crippen LogP contribution in [0.25, 0.3) is 0 Å². The second-order valence-electron chi connectivity index (χ2n) is 5.72. The van der Waals surface area contributed by atoms with Crippen molar-refractivity contribution in [2.75, 3.05) is 0 Å². The molecule has 0 unspecified atom stereocenters. The van der Waals surface area contributed by atoms with Crippen LogP contribution in [0.15, 0.2) is 42.5 Å². The molecule has 1 aromatic carbocycles. The summed E-state index contributed by atoms with van der Waals surface area (Å²) in [5.41, 5.74) is 1.33. The highest BCUT2D eigenvalue weighted by Gasteiger charge is 2.18. The minimum atomic E-state index is -0.339. The van der Waals surface area contributed by atoms with Crippen molar-refractivity contribution >= 4 is 16.3 Å². The molecule has 0 bridgehead atoms. The molecule has 2 rings (SSSR count). The van der Waals surface area contributed by atoms with Crippen LogP contribution in [0.3, 0.4) is 0 Å². The molecule has 1 aromatic heterocycles. The molecule has 0 aliphatic rings. The molecule has 0 saturated heterocycles. The summed E-state index contributed by atoms with van der Waals surface area (Å²) in [4.78, 5) is 11.3. The van der Waals surface area contributed by atoms with E-state index in [9.17, 15) is 10.1 Å². The monoisotopic (exact) mass is 304 g/mol. The molecule has 0 amide bonds. The first kappa shape index (κ1) is 15.7. The summed E-state index contributed by atoms with van der Waals surface area (Å²) in [6.45, 7) is 5.00. The second kappa shape index (κ2) is 6.83. The van der Waals surface area contributed by atoms with Crippen molar-refractivity contribution in [2.45, 2.75) is 38.8 Å². The summed E-state index contributed by atoms with van der Waals surface area (Å²) >= 11 is 1.23. The fourth-order valence-electron chi connectivity index (χ4n) is 2.08. The normalized spacial score (nSPS) is 11.5. The van der Waals surface area contributed by atoms with Crippen molar-refractivity contribution < 1.29 is 4.92 Å². The Balaban J connectivity index is 1.84. The Labute approximate surface area is 129 Å². The van der Waals surface area contributed by atoms with E-state index in [1.807, 2.05) is 12.1 Å². The molecule has 0 saturated carbocycles. The van der Waals surface area contributed by atoms with Crippen LogP contribution in [0.2, 0.25) is 0 Å². The number of rotatable bonds is 7. The molecule has 1 N–H and O–H groups in total. The van der Waals surface area contributed by atoms with Crippen LogP contribution in [0.5, 0.6) is 0 Å². The molecule has 4 nitrogen and oxygen atoms in total. The highest BCUT2D eigenvalue weighted by molar-refractivity contribution is 7.15. The standard InChI is InChI=1S/C16H20N2O2S/c1-16(2,11-10-13-6-4-3-5-7-13)17-12-14-8-9-15(21-14)18(19)20/h3-9,17H,10-12H2,1-2H3. The Morgan fingerprint density at radius 1 is 1.19 bits per heavy atom. The zero-order valence-electron chi connectivity index (χ0n) is 12.3. The Bertz CT molecular complexity index is 593. The molecule has 0 aliphatic carbocycles. The van der Waals surface area contributed by atoms with Crippen molar-refractivity contribution in [3.63, 3.8) is 0 Å². The zero-order chi connectivity index (χ0) is 15.3. The third-order valence-electron chi connectivity index (χ3n) is 3.45. The van der Waals surface area contributed by atoms with Crippen LogP contribution in [0.1, 0.15) is 30.7 Å². The van der Waals surface area contributed by atoms with Gasteiger partial charge < -0.3 is 5.32 Å². The molecule has 1 heterocycles. The van der Waals surface area contributed by atoms with Gasteiger partial charge in [-0.1, -0.05) is 41.7 Å². The van der Waals surface area contributed by atoms with Crippen molar-refractivity contribution in [1.29, 1.82) is 0 Å². The summed E-state index contributed by atoms with van der Waals surface area (Å²) < 4.78 is 0. The van der Waals surface area contributed by atoms with Crippen molar-refractivity contribution in [2.24, 2.45) is 0 Å².